The molecular formula is C23H19ClN6O2. The predicted molar refractivity (Wildman–Crippen MR) is 122 cm³/mol. The van der Waals surface area contributed by atoms with Gasteiger partial charge >= 0.3 is 0 Å². The van der Waals surface area contributed by atoms with Crippen LogP contribution in [0, 0.1) is 0 Å². The van der Waals surface area contributed by atoms with Crippen LogP contribution >= 0.6 is 11.6 Å². The minimum Gasteiger partial charge on any atom is -0.496 e. The molecule has 0 saturated heterocycles. The van der Waals surface area contributed by atoms with Gasteiger partial charge in [-0.05, 0) is 30.3 Å². The number of hydrogen-bond acceptors (Lipinski definition) is 4. The average molecular weight is 447 g/mol. The zero-order valence-corrected chi connectivity index (χ0v) is 17.9. The molecule has 0 aliphatic heterocycles. The second-order valence-electron chi connectivity index (χ2n) is 7.17. The van der Waals surface area contributed by atoms with E-state index in [9.17, 15) is 4.79 Å². The predicted octanol–water partition coefficient (Wildman–Crippen LogP) is 4.28. The van der Waals surface area contributed by atoms with Crippen LogP contribution in [0.4, 0.5) is 5.69 Å². The standard InChI is InChI=1S/C23H19ClN6O2/c1-32-21-11-20(28-7-4-5-8-28)19(24)10-18(21)23(31)27-16-12-25-30(14-16)15-17-13-29-9-3-2-6-22(29)26-17/h2-14H,15H2,1H3,(H,27,31). The van der Waals surface area contributed by atoms with Crippen molar-refractivity contribution in [2.75, 3.05) is 12.4 Å². The summed E-state index contributed by atoms with van der Waals surface area (Å²) in [6, 6.07) is 13.0. The van der Waals surface area contributed by atoms with Gasteiger partial charge in [0.15, 0.2) is 0 Å². The summed E-state index contributed by atoms with van der Waals surface area (Å²) in [5, 5.41) is 7.62. The first-order valence-corrected chi connectivity index (χ1v) is 10.3. The lowest BCUT2D eigenvalue weighted by Gasteiger charge is -2.13. The molecular weight excluding hydrogens is 428 g/mol. The summed E-state index contributed by atoms with van der Waals surface area (Å²) in [5.41, 5.74) is 3.36. The number of halogens is 1. The molecule has 0 fully saturated rings. The van der Waals surface area contributed by atoms with E-state index < -0.39 is 0 Å². The number of hydrogen-bond donors (Lipinski definition) is 1. The summed E-state index contributed by atoms with van der Waals surface area (Å²) in [7, 11) is 1.52. The van der Waals surface area contributed by atoms with Crippen LogP contribution in [0.3, 0.4) is 0 Å². The Bertz CT molecular complexity index is 1370. The van der Waals surface area contributed by atoms with E-state index in [4.69, 9.17) is 16.3 Å². The molecule has 0 spiro atoms. The number of methoxy groups -OCH3 is 1. The molecule has 5 rings (SSSR count). The number of aromatic nitrogens is 5. The highest BCUT2D eigenvalue weighted by Crippen LogP contribution is 2.30. The maximum Gasteiger partial charge on any atom is 0.259 e. The molecule has 0 aliphatic carbocycles. The van der Waals surface area contributed by atoms with Gasteiger partial charge in [0.1, 0.15) is 11.4 Å². The molecule has 1 aromatic carbocycles. The van der Waals surface area contributed by atoms with Gasteiger partial charge in [-0.15, -0.1) is 0 Å². The second-order valence-corrected chi connectivity index (χ2v) is 7.58. The number of ether oxygens (including phenoxy) is 1. The Kier molecular flexibility index (Phi) is 5.12. The lowest BCUT2D eigenvalue weighted by molar-refractivity contribution is 0.102. The van der Waals surface area contributed by atoms with Crippen molar-refractivity contribution < 1.29 is 9.53 Å². The molecule has 1 amide bonds. The lowest BCUT2D eigenvalue weighted by atomic mass is 10.1. The third-order valence-electron chi connectivity index (χ3n) is 5.03. The number of imidazole rings is 1. The molecule has 0 aliphatic rings. The molecule has 32 heavy (non-hydrogen) atoms. The summed E-state index contributed by atoms with van der Waals surface area (Å²) in [5.74, 6) is 0.0859. The molecule has 5 aromatic rings. The third kappa shape index (κ3) is 3.83. The van der Waals surface area contributed by atoms with Gasteiger partial charge in [-0.2, -0.15) is 5.10 Å². The number of amides is 1. The summed E-state index contributed by atoms with van der Waals surface area (Å²) in [4.78, 5) is 17.5. The molecule has 0 bridgehead atoms. The number of carbonyl (C=O) groups is 1. The number of carbonyl (C=O) groups excluding carboxylic acids is 1. The van der Waals surface area contributed by atoms with E-state index in [1.807, 2.05) is 64.1 Å². The van der Waals surface area contributed by atoms with E-state index in [2.05, 4.69) is 15.4 Å². The van der Waals surface area contributed by atoms with Crippen LogP contribution in [0.15, 0.2) is 79.6 Å². The first kappa shape index (κ1) is 19.9. The Morgan fingerprint density at radius 1 is 1.12 bits per heavy atom. The van der Waals surface area contributed by atoms with Gasteiger partial charge in [0, 0.05) is 37.1 Å². The van der Waals surface area contributed by atoms with Crippen LogP contribution in [-0.4, -0.2) is 36.7 Å². The van der Waals surface area contributed by atoms with E-state index in [0.29, 0.717) is 28.6 Å². The van der Waals surface area contributed by atoms with Crippen molar-refractivity contribution in [2.45, 2.75) is 6.54 Å². The highest BCUT2D eigenvalue weighted by atomic mass is 35.5. The highest BCUT2D eigenvalue weighted by Gasteiger charge is 2.17. The SMILES string of the molecule is COc1cc(-n2cccc2)c(Cl)cc1C(=O)Nc1cnn(Cc2cn3ccccc3n2)c1. The molecule has 0 atom stereocenters. The van der Waals surface area contributed by atoms with Gasteiger partial charge in [-0.1, -0.05) is 17.7 Å². The summed E-state index contributed by atoms with van der Waals surface area (Å²) >= 11 is 6.44. The van der Waals surface area contributed by atoms with Gasteiger partial charge in [-0.3, -0.25) is 9.48 Å². The molecule has 4 heterocycles. The maximum atomic E-state index is 12.9. The quantitative estimate of drug-likeness (QED) is 0.422. The van der Waals surface area contributed by atoms with Crippen molar-refractivity contribution in [3.63, 3.8) is 0 Å². The van der Waals surface area contributed by atoms with E-state index in [1.165, 1.54) is 7.11 Å². The van der Waals surface area contributed by atoms with E-state index in [-0.39, 0.29) is 5.91 Å². The Balaban J connectivity index is 1.34. The first-order chi connectivity index (χ1) is 15.6. The fraction of sp³-hybridized carbons (Fsp3) is 0.0870. The fourth-order valence-electron chi connectivity index (χ4n) is 3.52. The Morgan fingerprint density at radius 2 is 1.94 bits per heavy atom. The van der Waals surface area contributed by atoms with Gasteiger partial charge in [0.2, 0.25) is 0 Å². The summed E-state index contributed by atoms with van der Waals surface area (Å²) < 4.78 is 11.0. The molecule has 1 N–H and O–H groups in total. The van der Waals surface area contributed by atoms with Crippen molar-refractivity contribution in [1.29, 1.82) is 0 Å². The maximum absolute atomic E-state index is 12.9. The third-order valence-corrected chi connectivity index (χ3v) is 5.33. The van der Waals surface area contributed by atoms with Crippen LogP contribution in [0.1, 0.15) is 16.1 Å². The van der Waals surface area contributed by atoms with Crippen molar-refractivity contribution in [3.8, 4) is 11.4 Å². The van der Waals surface area contributed by atoms with E-state index >= 15 is 0 Å². The number of rotatable bonds is 6. The van der Waals surface area contributed by atoms with Crippen molar-refractivity contribution >= 4 is 28.8 Å². The smallest absolute Gasteiger partial charge is 0.259 e. The van der Waals surface area contributed by atoms with Crippen LogP contribution in [-0.2, 0) is 6.54 Å². The highest BCUT2D eigenvalue weighted by molar-refractivity contribution is 6.33. The first-order valence-electron chi connectivity index (χ1n) is 9.88. The van der Waals surface area contributed by atoms with Crippen molar-refractivity contribution in [1.82, 2.24) is 23.7 Å². The van der Waals surface area contributed by atoms with Crippen LogP contribution < -0.4 is 10.1 Å². The second kappa shape index (κ2) is 8.24. The molecule has 0 saturated carbocycles. The van der Waals surface area contributed by atoms with Gasteiger partial charge < -0.3 is 19.0 Å². The lowest BCUT2D eigenvalue weighted by Crippen LogP contribution is -2.13. The number of nitrogens with zero attached hydrogens (tertiary/aromatic N) is 5. The number of fused-ring (bicyclic) bond motifs is 1. The van der Waals surface area contributed by atoms with Crippen LogP contribution in [0.5, 0.6) is 5.75 Å². The van der Waals surface area contributed by atoms with Gasteiger partial charge in [0.25, 0.3) is 5.91 Å². The number of anilines is 1. The molecule has 4 aromatic heterocycles. The monoisotopic (exact) mass is 446 g/mol. The molecule has 0 radical (unpaired) electrons. The van der Waals surface area contributed by atoms with Crippen molar-refractivity contribution in [3.05, 3.63) is 95.9 Å². The normalized spacial score (nSPS) is 11.1. The zero-order valence-electron chi connectivity index (χ0n) is 17.1. The largest absolute Gasteiger partial charge is 0.496 e. The van der Waals surface area contributed by atoms with E-state index in [1.54, 1.807) is 29.2 Å². The minimum atomic E-state index is -0.338. The van der Waals surface area contributed by atoms with Gasteiger partial charge in [0.05, 0.1) is 47.5 Å². The zero-order chi connectivity index (χ0) is 22.1. The van der Waals surface area contributed by atoms with Crippen molar-refractivity contribution in [2.24, 2.45) is 0 Å². The Morgan fingerprint density at radius 3 is 2.72 bits per heavy atom. The number of pyridine rings is 1. The summed E-state index contributed by atoms with van der Waals surface area (Å²) in [6.45, 7) is 0.484. The number of nitrogens with one attached hydrogen (secondary N) is 1. The Labute approximate surface area is 188 Å². The van der Waals surface area contributed by atoms with Crippen LogP contribution in [0.25, 0.3) is 11.3 Å². The van der Waals surface area contributed by atoms with E-state index in [0.717, 1.165) is 17.0 Å². The fourth-order valence-corrected chi connectivity index (χ4v) is 3.79. The molecule has 160 valence electrons. The summed E-state index contributed by atoms with van der Waals surface area (Å²) in [6.07, 6.45) is 11.0. The number of benzene rings is 1. The molecule has 0 unspecified atom stereocenters. The topological polar surface area (TPSA) is 78.4 Å². The minimum absolute atomic E-state index is 0.335. The van der Waals surface area contributed by atoms with Crippen LogP contribution in [0.2, 0.25) is 5.02 Å². The molecule has 9 heteroatoms. The molecule has 8 nitrogen and oxygen atoms in total. The Hall–Kier alpha value is -4.04. The average Bonchev–Trinajstić information content (AvgIpc) is 3.54. The van der Waals surface area contributed by atoms with Gasteiger partial charge in [-0.25, -0.2) is 4.98 Å².